The van der Waals surface area contributed by atoms with Crippen LogP contribution in [0.5, 0.6) is 0 Å². The summed E-state index contributed by atoms with van der Waals surface area (Å²) in [5, 5.41) is 4.36. The molecule has 0 aliphatic carbocycles. The molecular weight excluding hydrogens is 370 g/mol. The van der Waals surface area contributed by atoms with Crippen molar-refractivity contribution in [1.29, 1.82) is 0 Å². The predicted molar refractivity (Wildman–Crippen MR) is 113 cm³/mol. The molecule has 0 saturated carbocycles. The van der Waals surface area contributed by atoms with Crippen molar-refractivity contribution >= 4 is 27.2 Å². The molecule has 1 aliphatic rings. The van der Waals surface area contributed by atoms with Crippen molar-refractivity contribution in [1.82, 2.24) is 19.7 Å². The van der Waals surface area contributed by atoms with Crippen LogP contribution in [-0.2, 0) is 19.5 Å². The SMILES string of the molecule is Cc1nc2ccc(-n3[nH]c4c(c3=O)CN(Cc3ccc(N)cc3)CC4)cc2s1. The van der Waals surface area contributed by atoms with Gasteiger partial charge in [0.15, 0.2) is 0 Å². The number of thiazole rings is 1. The Hall–Kier alpha value is -2.90. The van der Waals surface area contributed by atoms with Gasteiger partial charge < -0.3 is 5.73 Å². The van der Waals surface area contributed by atoms with Gasteiger partial charge in [0.25, 0.3) is 5.56 Å². The summed E-state index contributed by atoms with van der Waals surface area (Å²) in [6.45, 7) is 4.39. The summed E-state index contributed by atoms with van der Waals surface area (Å²) in [7, 11) is 0. The zero-order valence-corrected chi connectivity index (χ0v) is 16.4. The van der Waals surface area contributed by atoms with Gasteiger partial charge in [0.2, 0.25) is 0 Å². The summed E-state index contributed by atoms with van der Waals surface area (Å²) in [6.07, 6.45) is 0.842. The number of aryl methyl sites for hydroxylation is 1. The first kappa shape index (κ1) is 17.2. The van der Waals surface area contributed by atoms with E-state index in [0.29, 0.717) is 6.54 Å². The van der Waals surface area contributed by atoms with Gasteiger partial charge in [-0.15, -0.1) is 11.3 Å². The van der Waals surface area contributed by atoms with E-state index in [1.807, 2.05) is 49.4 Å². The number of nitrogens with one attached hydrogen (secondary N) is 1. The molecule has 3 heterocycles. The van der Waals surface area contributed by atoms with E-state index < -0.39 is 0 Å². The van der Waals surface area contributed by atoms with E-state index in [9.17, 15) is 4.79 Å². The highest BCUT2D eigenvalue weighted by Crippen LogP contribution is 2.24. The lowest BCUT2D eigenvalue weighted by atomic mass is 10.1. The summed E-state index contributed by atoms with van der Waals surface area (Å²) in [5.41, 5.74) is 11.5. The van der Waals surface area contributed by atoms with Crippen LogP contribution in [0.25, 0.3) is 15.9 Å². The van der Waals surface area contributed by atoms with Gasteiger partial charge >= 0.3 is 0 Å². The molecule has 3 N–H and O–H groups in total. The standard InChI is InChI=1S/C21H21N5OS/c1-13-23-19-7-6-16(10-20(19)28-13)26-21(27)17-12-25(9-8-18(17)24-26)11-14-2-4-15(22)5-3-14/h2-7,10,24H,8-9,11-12,22H2,1H3. The monoisotopic (exact) mass is 391 g/mol. The molecule has 1 aliphatic heterocycles. The van der Waals surface area contributed by atoms with Gasteiger partial charge in [-0.25, -0.2) is 9.67 Å². The Kier molecular flexibility index (Phi) is 4.07. The van der Waals surface area contributed by atoms with Crippen molar-refractivity contribution in [3.05, 3.63) is 74.6 Å². The molecule has 5 rings (SSSR count). The molecule has 0 amide bonds. The molecule has 0 radical (unpaired) electrons. The van der Waals surface area contributed by atoms with Crippen LogP contribution in [0.1, 0.15) is 21.8 Å². The fourth-order valence-electron chi connectivity index (χ4n) is 3.83. The van der Waals surface area contributed by atoms with Crippen molar-refractivity contribution in [2.24, 2.45) is 0 Å². The first-order valence-corrected chi connectivity index (χ1v) is 10.2. The molecule has 0 fully saturated rings. The average Bonchev–Trinajstić information content (AvgIpc) is 3.22. The Morgan fingerprint density at radius 1 is 1.21 bits per heavy atom. The number of fused-ring (bicyclic) bond motifs is 2. The van der Waals surface area contributed by atoms with E-state index >= 15 is 0 Å². The van der Waals surface area contributed by atoms with Crippen LogP contribution in [0.3, 0.4) is 0 Å². The second-order valence-electron chi connectivity index (χ2n) is 7.30. The maximum absolute atomic E-state index is 13.1. The molecule has 0 saturated heterocycles. The van der Waals surface area contributed by atoms with Crippen molar-refractivity contribution < 1.29 is 0 Å². The maximum atomic E-state index is 13.1. The molecule has 7 heteroatoms. The number of nitrogens with zero attached hydrogens (tertiary/aromatic N) is 3. The number of nitrogens with two attached hydrogens (primary N) is 1. The van der Waals surface area contributed by atoms with Gasteiger partial charge in [0, 0.05) is 37.4 Å². The first-order valence-electron chi connectivity index (χ1n) is 9.34. The number of anilines is 1. The molecule has 2 aromatic heterocycles. The number of benzene rings is 2. The van der Waals surface area contributed by atoms with Gasteiger partial charge in [0.05, 0.1) is 26.5 Å². The van der Waals surface area contributed by atoms with Crippen molar-refractivity contribution in [3.8, 4) is 5.69 Å². The van der Waals surface area contributed by atoms with E-state index in [0.717, 1.165) is 57.4 Å². The van der Waals surface area contributed by atoms with Crippen molar-refractivity contribution in [2.45, 2.75) is 26.4 Å². The Labute approximate surface area is 166 Å². The predicted octanol–water partition coefficient (Wildman–Crippen LogP) is 3.22. The van der Waals surface area contributed by atoms with Crippen LogP contribution in [-0.4, -0.2) is 26.2 Å². The third kappa shape index (κ3) is 3.02. The number of nitrogen functional groups attached to an aromatic ring is 1. The number of rotatable bonds is 3. The highest BCUT2D eigenvalue weighted by Gasteiger charge is 2.23. The van der Waals surface area contributed by atoms with Crippen LogP contribution in [0.15, 0.2) is 47.3 Å². The van der Waals surface area contributed by atoms with Crippen LogP contribution in [0.4, 0.5) is 5.69 Å². The Balaban J connectivity index is 1.44. The van der Waals surface area contributed by atoms with Crippen molar-refractivity contribution in [2.75, 3.05) is 12.3 Å². The Morgan fingerprint density at radius 3 is 2.86 bits per heavy atom. The molecule has 0 unspecified atom stereocenters. The molecule has 0 atom stereocenters. The van der Waals surface area contributed by atoms with E-state index in [2.05, 4.69) is 15.0 Å². The highest BCUT2D eigenvalue weighted by atomic mass is 32.1. The third-order valence-electron chi connectivity index (χ3n) is 5.26. The number of aromatic nitrogens is 3. The summed E-state index contributed by atoms with van der Waals surface area (Å²) in [6, 6.07) is 13.9. The molecule has 0 spiro atoms. The lowest BCUT2D eigenvalue weighted by Gasteiger charge is -2.25. The second-order valence-corrected chi connectivity index (χ2v) is 8.53. The van der Waals surface area contributed by atoms with Gasteiger partial charge in [-0.2, -0.15) is 0 Å². The molecular formula is C21H21N5OS. The quantitative estimate of drug-likeness (QED) is 0.526. The average molecular weight is 392 g/mol. The topological polar surface area (TPSA) is 79.9 Å². The number of hydrogen-bond donors (Lipinski definition) is 2. The lowest BCUT2D eigenvalue weighted by Crippen LogP contribution is -2.32. The normalized spacial score (nSPS) is 14.5. The lowest BCUT2D eigenvalue weighted by molar-refractivity contribution is 0.244. The first-order chi connectivity index (χ1) is 13.6. The molecule has 0 bridgehead atoms. The highest BCUT2D eigenvalue weighted by molar-refractivity contribution is 7.18. The minimum Gasteiger partial charge on any atom is -0.399 e. The summed E-state index contributed by atoms with van der Waals surface area (Å²) < 4.78 is 2.77. The minimum atomic E-state index is 0.0394. The summed E-state index contributed by atoms with van der Waals surface area (Å²) >= 11 is 1.65. The Bertz CT molecular complexity index is 1220. The van der Waals surface area contributed by atoms with Gasteiger partial charge in [-0.3, -0.25) is 14.8 Å². The number of aromatic amines is 1. The van der Waals surface area contributed by atoms with Gasteiger partial charge in [0.1, 0.15) is 0 Å². The second kappa shape index (κ2) is 6.61. The van der Waals surface area contributed by atoms with E-state index in [4.69, 9.17) is 5.73 Å². The molecule has 6 nitrogen and oxygen atoms in total. The van der Waals surface area contributed by atoms with Crippen LogP contribution >= 0.6 is 11.3 Å². The fourth-order valence-corrected chi connectivity index (χ4v) is 4.69. The zero-order chi connectivity index (χ0) is 19.3. The van der Waals surface area contributed by atoms with Crippen LogP contribution in [0, 0.1) is 6.92 Å². The van der Waals surface area contributed by atoms with Crippen molar-refractivity contribution in [3.63, 3.8) is 0 Å². The maximum Gasteiger partial charge on any atom is 0.275 e. The van der Waals surface area contributed by atoms with Crippen LogP contribution in [0.2, 0.25) is 0 Å². The number of hydrogen-bond acceptors (Lipinski definition) is 5. The molecule has 28 heavy (non-hydrogen) atoms. The fraction of sp³-hybridized carbons (Fsp3) is 0.238. The van der Waals surface area contributed by atoms with E-state index in [1.54, 1.807) is 16.0 Å². The molecule has 4 aromatic rings. The smallest absolute Gasteiger partial charge is 0.275 e. The Morgan fingerprint density at radius 2 is 2.04 bits per heavy atom. The molecule has 2 aromatic carbocycles. The largest absolute Gasteiger partial charge is 0.399 e. The summed E-state index contributed by atoms with van der Waals surface area (Å²) in [5.74, 6) is 0. The van der Waals surface area contributed by atoms with Gasteiger partial charge in [-0.05, 0) is 42.8 Å². The van der Waals surface area contributed by atoms with E-state index in [-0.39, 0.29) is 5.56 Å². The zero-order valence-electron chi connectivity index (χ0n) is 15.6. The van der Waals surface area contributed by atoms with Crippen LogP contribution < -0.4 is 11.3 Å². The van der Waals surface area contributed by atoms with Gasteiger partial charge in [-0.1, -0.05) is 12.1 Å². The summed E-state index contributed by atoms with van der Waals surface area (Å²) in [4.78, 5) is 19.9. The number of H-pyrrole nitrogens is 1. The minimum absolute atomic E-state index is 0.0394. The third-order valence-corrected chi connectivity index (χ3v) is 6.19. The van der Waals surface area contributed by atoms with E-state index in [1.165, 1.54) is 5.56 Å². The molecule has 142 valence electrons.